The van der Waals surface area contributed by atoms with E-state index in [1.165, 1.54) is 154 Å². The van der Waals surface area contributed by atoms with E-state index in [2.05, 4.69) is 44.2 Å². The van der Waals surface area contributed by atoms with Gasteiger partial charge in [-0.15, -0.1) is 0 Å². The summed E-state index contributed by atoms with van der Waals surface area (Å²) < 4.78 is 17.1. The molecule has 0 saturated heterocycles. The molecule has 0 spiro atoms. The van der Waals surface area contributed by atoms with Crippen molar-refractivity contribution in [2.45, 2.75) is 238 Å². The molecule has 0 fully saturated rings. The van der Waals surface area contributed by atoms with Crippen LogP contribution < -0.4 is 5.11 Å². The highest BCUT2D eigenvalue weighted by molar-refractivity contribution is 5.70. The average molecular weight is 846 g/mol. The summed E-state index contributed by atoms with van der Waals surface area (Å²) in [6.07, 6.45) is 50.6. The zero-order valence-electron chi connectivity index (χ0n) is 39.9. The van der Waals surface area contributed by atoms with Gasteiger partial charge in [0.1, 0.15) is 12.6 Å². The number of carbonyl (C=O) groups excluding carboxylic acids is 3. The Morgan fingerprint density at radius 3 is 1.37 bits per heavy atom. The Labute approximate surface area is 370 Å². The van der Waals surface area contributed by atoms with E-state index in [0.29, 0.717) is 12.8 Å². The fourth-order valence-electron chi connectivity index (χ4n) is 7.35. The van der Waals surface area contributed by atoms with Gasteiger partial charge in [-0.3, -0.25) is 9.59 Å². The molecule has 8 heteroatoms. The SMILES string of the molecule is CCCCCCCC/C=C/C/C=C/CCC(=O)OC(COCCC(C(=O)[O-])[N+](C)(C)C)COC(=O)CCCCCCCCC/C=C/CCCCCCCCCCCCCC. The number of nitrogens with zero attached hydrogens (tertiary/aromatic N) is 1. The molecule has 0 aliphatic rings. The Morgan fingerprint density at radius 2 is 0.917 bits per heavy atom. The first-order chi connectivity index (χ1) is 29.1. The molecule has 0 aromatic rings. The van der Waals surface area contributed by atoms with Crippen molar-refractivity contribution in [3.63, 3.8) is 0 Å². The van der Waals surface area contributed by atoms with Crippen LogP contribution in [0.25, 0.3) is 0 Å². The number of carboxylic acid groups (broad SMARTS) is 1. The van der Waals surface area contributed by atoms with Crippen molar-refractivity contribution < 1.29 is 38.2 Å². The third-order valence-corrected chi connectivity index (χ3v) is 11.3. The molecule has 8 nitrogen and oxygen atoms in total. The fraction of sp³-hybridized carbons (Fsp3) is 0.827. The molecule has 2 unspecified atom stereocenters. The summed E-state index contributed by atoms with van der Waals surface area (Å²) in [7, 11) is 5.39. The zero-order valence-corrected chi connectivity index (χ0v) is 39.9. The maximum absolute atomic E-state index is 12.7. The van der Waals surface area contributed by atoms with Crippen molar-refractivity contribution >= 4 is 17.9 Å². The van der Waals surface area contributed by atoms with Gasteiger partial charge in [0.15, 0.2) is 6.10 Å². The molecular formula is C52H95NO7. The van der Waals surface area contributed by atoms with E-state index in [1.54, 1.807) is 21.1 Å². The summed E-state index contributed by atoms with van der Waals surface area (Å²) in [5.41, 5.74) is 0. The van der Waals surface area contributed by atoms with E-state index in [-0.39, 0.29) is 49.1 Å². The molecule has 350 valence electrons. The zero-order chi connectivity index (χ0) is 44.2. The molecule has 0 radical (unpaired) electrons. The lowest BCUT2D eigenvalue weighted by molar-refractivity contribution is -0.889. The monoisotopic (exact) mass is 846 g/mol. The number of allylic oxidation sites excluding steroid dienone is 6. The summed E-state index contributed by atoms with van der Waals surface area (Å²) in [6, 6.07) is -0.734. The smallest absolute Gasteiger partial charge is 0.306 e. The van der Waals surface area contributed by atoms with Crippen molar-refractivity contribution in [1.29, 1.82) is 0 Å². The van der Waals surface area contributed by atoms with E-state index in [9.17, 15) is 19.5 Å². The number of carboxylic acids is 1. The van der Waals surface area contributed by atoms with E-state index in [0.717, 1.165) is 32.1 Å². The summed E-state index contributed by atoms with van der Waals surface area (Å²) in [5.74, 6) is -1.82. The van der Waals surface area contributed by atoms with Crippen molar-refractivity contribution in [2.75, 3.05) is 41.0 Å². The van der Waals surface area contributed by atoms with Crippen LogP contribution in [0.5, 0.6) is 0 Å². The number of hydrogen-bond acceptors (Lipinski definition) is 7. The summed E-state index contributed by atoms with van der Waals surface area (Å²) >= 11 is 0. The van der Waals surface area contributed by atoms with Gasteiger partial charge in [-0.05, 0) is 57.8 Å². The topological polar surface area (TPSA) is 102 Å². The van der Waals surface area contributed by atoms with Gasteiger partial charge in [0, 0.05) is 19.3 Å². The molecular weight excluding hydrogens is 751 g/mol. The van der Waals surface area contributed by atoms with E-state index >= 15 is 0 Å². The second-order valence-corrected chi connectivity index (χ2v) is 18.0. The van der Waals surface area contributed by atoms with Gasteiger partial charge in [0.2, 0.25) is 0 Å². The lowest BCUT2D eigenvalue weighted by Crippen LogP contribution is -2.55. The number of likely N-dealkylation sites (N-methyl/N-ethyl adjacent to an activating group) is 1. The van der Waals surface area contributed by atoms with Gasteiger partial charge >= 0.3 is 11.9 Å². The quantitative estimate of drug-likeness (QED) is 0.0260. The first-order valence-electron chi connectivity index (χ1n) is 25.0. The van der Waals surface area contributed by atoms with Crippen molar-refractivity contribution in [2.24, 2.45) is 0 Å². The second kappa shape index (κ2) is 43.2. The first-order valence-corrected chi connectivity index (χ1v) is 25.0. The van der Waals surface area contributed by atoms with Crippen molar-refractivity contribution in [3.8, 4) is 0 Å². The number of hydrogen-bond donors (Lipinski definition) is 0. The summed E-state index contributed by atoms with van der Waals surface area (Å²) in [4.78, 5) is 36.9. The molecule has 0 heterocycles. The molecule has 60 heavy (non-hydrogen) atoms. The number of carbonyl (C=O) groups is 3. The molecule has 0 aliphatic heterocycles. The van der Waals surface area contributed by atoms with Crippen LogP contribution in [0.4, 0.5) is 0 Å². The Kier molecular flexibility index (Phi) is 41.4. The molecule has 2 atom stereocenters. The molecule has 0 bridgehead atoms. The van der Waals surface area contributed by atoms with E-state index in [1.807, 2.05) is 6.08 Å². The highest BCUT2D eigenvalue weighted by Crippen LogP contribution is 2.15. The Hall–Kier alpha value is -2.45. The van der Waals surface area contributed by atoms with Crippen LogP contribution in [0.3, 0.4) is 0 Å². The van der Waals surface area contributed by atoms with Crippen LogP contribution >= 0.6 is 0 Å². The van der Waals surface area contributed by atoms with Crippen LogP contribution in [-0.4, -0.2) is 75.5 Å². The van der Waals surface area contributed by atoms with Crippen LogP contribution in [0.1, 0.15) is 226 Å². The van der Waals surface area contributed by atoms with Gasteiger partial charge in [-0.2, -0.15) is 0 Å². The minimum Gasteiger partial charge on any atom is -0.544 e. The highest BCUT2D eigenvalue weighted by atomic mass is 16.6. The maximum atomic E-state index is 12.7. The number of quaternary nitrogens is 1. The molecule has 0 amide bonds. The van der Waals surface area contributed by atoms with Crippen LogP contribution in [0.15, 0.2) is 36.5 Å². The molecule has 0 aromatic heterocycles. The first kappa shape index (κ1) is 57.5. The average Bonchev–Trinajstić information content (AvgIpc) is 3.21. The number of esters is 2. The Balaban J connectivity index is 4.23. The lowest BCUT2D eigenvalue weighted by atomic mass is 10.0. The molecule has 0 rings (SSSR count). The summed E-state index contributed by atoms with van der Waals surface area (Å²) in [5, 5.41) is 11.6. The van der Waals surface area contributed by atoms with Gasteiger partial charge in [0.25, 0.3) is 0 Å². The third kappa shape index (κ3) is 40.9. The molecule has 0 aliphatic carbocycles. The summed E-state index contributed by atoms with van der Waals surface area (Å²) in [6.45, 7) is 4.61. The standard InChI is InChI=1S/C52H95NO7/c1-6-8-10-12-14-16-18-20-21-22-23-24-25-26-27-28-29-31-32-34-36-38-40-42-50(54)59-47-48(46-58-45-44-49(52(56)57)53(3,4)5)60-51(55)43-41-39-37-35-33-30-19-17-15-13-11-9-7-2/h26-27,30,33,37,39,48-49H,6-25,28-29,31-32,34-36,38,40-47H2,1-5H3/b27-26+,33-30+,39-37+. The fourth-order valence-corrected chi connectivity index (χ4v) is 7.35. The minimum atomic E-state index is -1.13. The molecule has 0 N–H and O–H groups in total. The largest absolute Gasteiger partial charge is 0.544 e. The van der Waals surface area contributed by atoms with Crippen LogP contribution in [0, 0.1) is 0 Å². The lowest BCUT2D eigenvalue weighted by Gasteiger charge is -2.34. The highest BCUT2D eigenvalue weighted by Gasteiger charge is 2.25. The predicted molar refractivity (Wildman–Crippen MR) is 250 cm³/mol. The van der Waals surface area contributed by atoms with Crippen LogP contribution in [-0.2, 0) is 28.6 Å². The number of unbranched alkanes of at least 4 members (excludes halogenated alkanes) is 25. The van der Waals surface area contributed by atoms with E-state index in [4.69, 9.17) is 14.2 Å². The second-order valence-electron chi connectivity index (χ2n) is 18.0. The van der Waals surface area contributed by atoms with Gasteiger partial charge in [0.05, 0.1) is 40.3 Å². The minimum absolute atomic E-state index is 0.0183. The maximum Gasteiger partial charge on any atom is 0.306 e. The molecule has 0 saturated carbocycles. The van der Waals surface area contributed by atoms with E-state index < -0.39 is 18.1 Å². The van der Waals surface area contributed by atoms with Crippen molar-refractivity contribution in [3.05, 3.63) is 36.5 Å². The van der Waals surface area contributed by atoms with Gasteiger partial charge in [-0.25, -0.2) is 0 Å². The normalized spacial score (nSPS) is 13.2. The predicted octanol–water partition coefficient (Wildman–Crippen LogP) is 12.9. The Bertz CT molecular complexity index is 1080. The molecule has 0 aromatic carbocycles. The number of aliphatic carboxylic acids is 1. The van der Waals surface area contributed by atoms with Gasteiger partial charge < -0.3 is 28.6 Å². The number of ether oxygens (including phenoxy) is 3. The van der Waals surface area contributed by atoms with Gasteiger partial charge in [-0.1, -0.05) is 185 Å². The van der Waals surface area contributed by atoms with Crippen LogP contribution in [0.2, 0.25) is 0 Å². The Morgan fingerprint density at radius 1 is 0.500 bits per heavy atom. The van der Waals surface area contributed by atoms with Crippen molar-refractivity contribution in [1.82, 2.24) is 0 Å². The number of rotatable bonds is 45. The third-order valence-electron chi connectivity index (χ3n) is 11.3.